The molecule has 2 aromatic heterocycles. The van der Waals surface area contributed by atoms with Crippen LogP contribution < -0.4 is 14.5 Å². The van der Waals surface area contributed by atoms with Crippen molar-refractivity contribution in [2.24, 2.45) is 0 Å². The van der Waals surface area contributed by atoms with Crippen LogP contribution in [0.1, 0.15) is 13.8 Å². The van der Waals surface area contributed by atoms with E-state index in [0.29, 0.717) is 25.9 Å². The van der Waals surface area contributed by atoms with E-state index in [1.807, 2.05) is 0 Å². The van der Waals surface area contributed by atoms with E-state index < -0.39 is 23.1 Å². The van der Waals surface area contributed by atoms with Gasteiger partial charge in [0.1, 0.15) is 0 Å². The van der Waals surface area contributed by atoms with Gasteiger partial charge >= 0.3 is 0 Å². The van der Waals surface area contributed by atoms with Gasteiger partial charge in [-0.05, 0) is 19.1 Å². The molecular formula is C14H14ClF2N3O4S. The largest absolute Gasteiger partial charge is 0.484 e. The lowest BCUT2D eigenvalue weighted by molar-refractivity contribution is -0.0231. The van der Waals surface area contributed by atoms with Gasteiger partial charge in [0.2, 0.25) is 18.1 Å². The highest BCUT2D eigenvalue weighted by Gasteiger charge is 2.24. The molecule has 2 aromatic rings. The van der Waals surface area contributed by atoms with Crippen LogP contribution in [0.3, 0.4) is 0 Å². The molecule has 7 nitrogen and oxygen atoms in total. The van der Waals surface area contributed by atoms with Gasteiger partial charge in [0.15, 0.2) is 23.1 Å². The molecule has 25 heavy (non-hydrogen) atoms. The second-order valence-corrected chi connectivity index (χ2v) is 5.70. The minimum Gasteiger partial charge on any atom is -0.484 e. The highest BCUT2D eigenvalue weighted by atomic mass is 35.5. The molecule has 0 bridgehead atoms. The van der Waals surface area contributed by atoms with Gasteiger partial charge in [0.25, 0.3) is 11.5 Å². The van der Waals surface area contributed by atoms with Gasteiger partial charge in [-0.25, -0.2) is 13.8 Å². The lowest BCUT2D eigenvalue weighted by atomic mass is 10.4. The molecule has 2 rings (SSSR count). The minimum absolute atomic E-state index is 0.0639. The van der Waals surface area contributed by atoms with Gasteiger partial charge in [-0.15, -0.1) is 0 Å². The van der Waals surface area contributed by atoms with E-state index in [-0.39, 0.29) is 17.3 Å². The summed E-state index contributed by atoms with van der Waals surface area (Å²) in [5.74, 6) is -3.04. The van der Waals surface area contributed by atoms with Gasteiger partial charge in [0, 0.05) is 13.1 Å². The Morgan fingerprint density at radius 1 is 1.40 bits per heavy atom. The second-order valence-electron chi connectivity index (χ2n) is 4.78. The Morgan fingerprint density at radius 2 is 2.16 bits per heavy atom. The molecule has 0 radical (unpaired) electrons. The van der Waals surface area contributed by atoms with E-state index >= 15 is 0 Å². The summed E-state index contributed by atoms with van der Waals surface area (Å²) in [5, 5.41) is 3.46. The summed E-state index contributed by atoms with van der Waals surface area (Å²) in [5.41, 5.74) is -0.788. The summed E-state index contributed by atoms with van der Waals surface area (Å²) in [6.45, 7) is 1.95. The third kappa shape index (κ3) is 5.28. The van der Waals surface area contributed by atoms with Crippen LogP contribution in [0, 0.1) is 0 Å². The van der Waals surface area contributed by atoms with Crippen molar-refractivity contribution in [1.82, 2.24) is 14.8 Å². The standard InChI is InChI=1S/C14H14ClF2N3O4S/c1-3-23-25-24-9-5-4-6-18-12(9)20-13(21)11(15)10(7-19-20)22-8-14(2,16)17/h4-7H,3,8H2,1-2H3. The fourth-order valence-corrected chi connectivity index (χ4v) is 2.12. The summed E-state index contributed by atoms with van der Waals surface area (Å²) >= 11 is 6.63. The van der Waals surface area contributed by atoms with E-state index in [1.54, 1.807) is 19.1 Å². The number of rotatable bonds is 8. The normalized spacial score (nSPS) is 11.4. The lowest BCUT2D eigenvalue weighted by Crippen LogP contribution is -2.25. The Morgan fingerprint density at radius 3 is 2.84 bits per heavy atom. The summed E-state index contributed by atoms with van der Waals surface area (Å²) in [4.78, 5) is 16.4. The maximum Gasteiger partial charge on any atom is 0.295 e. The zero-order chi connectivity index (χ0) is 18.4. The first-order valence-electron chi connectivity index (χ1n) is 7.03. The van der Waals surface area contributed by atoms with Gasteiger partial charge in [-0.1, -0.05) is 11.6 Å². The molecule has 0 unspecified atom stereocenters. The first-order chi connectivity index (χ1) is 11.8. The molecule has 11 heteroatoms. The Labute approximate surface area is 151 Å². The zero-order valence-corrected chi connectivity index (χ0v) is 14.8. The molecule has 136 valence electrons. The van der Waals surface area contributed by atoms with E-state index in [4.69, 9.17) is 24.7 Å². The molecule has 2 heterocycles. The summed E-state index contributed by atoms with van der Waals surface area (Å²) in [6, 6.07) is 3.15. The van der Waals surface area contributed by atoms with Crippen LogP contribution in [0.15, 0.2) is 29.3 Å². The van der Waals surface area contributed by atoms with Crippen LogP contribution in [0.5, 0.6) is 11.5 Å². The van der Waals surface area contributed by atoms with Crippen molar-refractivity contribution in [2.45, 2.75) is 19.8 Å². The van der Waals surface area contributed by atoms with Crippen molar-refractivity contribution in [2.75, 3.05) is 13.2 Å². The predicted molar refractivity (Wildman–Crippen MR) is 88.6 cm³/mol. The Balaban J connectivity index is 2.32. The molecular weight excluding hydrogens is 380 g/mol. The minimum atomic E-state index is -3.07. The quantitative estimate of drug-likeness (QED) is 0.503. The number of aromatic nitrogens is 3. The van der Waals surface area contributed by atoms with E-state index in [1.165, 1.54) is 6.20 Å². The average Bonchev–Trinajstić information content (AvgIpc) is 2.56. The maximum absolute atomic E-state index is 12.9. The molecule has 0 spiro atoms. The first-order valence-corrected chi connectivity index (χ1v) is 8.08. The maximum atomic E-state index is 12.9. The Kier molecular flexibility index (Phi) is 6.57. The van der Waals surface area contributed by atoms with E-state index in [9.17, 15) is 13.6 Å². The van der Waals surface area contributed by atoms with Crippen molar-refractivity contribution in [3.63, 3.8) is 0 Å². The monoisotopic (exact) mass is 393 g/mol. The molecule has 0 saturated heterocycles. The third-order valence-corrected chi connectivity index (χ3v) is 3.54. The van der Waals surface area contributed by atoms with Crippen LogP contribution >= 0.6 is 23.9 Å². The Bertz CT molecular complexity index is 785. The van der Waals surface area contributed by atoms with Gasteiger partial charge < -0.3 is 8.92 Å². The van der Waals surface area contributed by atoms with Crippen LogP contribution in [-0.2, 0) is 4.18 Å². The third-order valence-electron chi connectivity index (χ3n) is 2.61. The lowest BCUT2D eigenvalue weighted by Gasteiger charge is -2.14. The summed E-state index contributed by atoms with van der Waals surface area (Å²) in [6.07, 6.45) is 2.49. The topological polar surface area (TPSA) is 75.5 Å². The molecule has 0 fully saturated rings. The van der Waals surface area contributed by atoms with Crippen molar-refractivity contribution in [3.05, 3.63) is 39.9 Å². The Hall–Kier alpha value is -1.91. The number of ether oxygens (including phenoxy) is 1. The molecule has 0 atom stereocenters. The van der Waals surface area contributed by atoms with Crippen molar-refractivity contribution in [1.29, 1.82) is 0 Å². The van der Waals surface area contributed by atoms with Gasteiger partial charge in [-0.3, -0.25) is 8.98 Å². The van der Waals surface area contributed by atoms with Crippen LogP contribution in [0.25, 0.3) is 5.82 Å². The fraction of sp³-hybridized carbons (Fsp3) is 0.357. The molecule has 0 amide bonds. The number of hydrogen-bond acceptors (Lipinski definition) is 7. The predicted octanol–water partition coefficient (Wildman–Crippen LogP) is 3.29. The van der Waals surface area contributed by atoms with Gasteiger partial charge in [-0.2, -0.15) is 9.78 Å². The fourth-order valence-electron chi connectivity index (χ4n) is 1.59. The highest BCUT2D eigenvalue weighted by Crippen LogP contribution is 2.25. The molecule has 0 aliphatic rings. The van der Waals surface area contributed by atoms with Crippen LogP contribution in [0.2, 0.25) is 5.02 Å². The van der Waals surface area contributed by atoms with Crippen molar-refractivity contribution in [3.8, 4) is 17.3 Å². The smallest absolute Gasteiger partial charge is 0.295 e. The molecule has 0 saturated carbocycles. The molecule has 0 aromatic carbocycles. The number of alkyl halides is 2. The number of hydrogen-bond donors (Lipinski definition) is 0. The van der Waals surface area contributed by atoms with Crippen LogP contribution in [-0.4, -0.2) is 33.9 Å². The zero-order valence-electron chi connectivity index (χ0n) is 13.2. The first kappa shape index (κ1) is 19.4. The highest BCUT2D eigenvalue weighted by molar-refractivity contribution is 7.90. The molecule has 0 aliphatic heterocycles. The number of halogens is 3. The summed E-state index contributed by atoms with van der Waals surface area (Å²) < 4.78 is 41.8. The average molecular weight is 394 g/mol. The van der Waals surface area contributed by atoms with Gasteiger partial charge in [0.05, 0.1) is 12.8 Å². The molecule has 0 aliphatic carbocycles. The van der Waals surface area contributed by atoms with Crippen molar-refractivity contribution >= 4 is 23.9 Å². The number of pyridine rings is 1. The van der Waals surface area contributed by atoms with E-state index in [0.717, 1.165) is 10.9 Å². The van der Waals surface area contributed by atoms with Crippen molar-refractivity contribution < 1.29 is 21.9 Å². The van der Waals surface area contributed by atoms with Crippen LogP contribution in [0.4, 0.5) is 8.78 Å². The SMILES string of the molecule is CCOSOc1cccnc1-n1ncc(OCC(C)(F)F)c(Cl)c1=O. The second kappa shape index (κ2) is 8.45. The summed E-state index contributed by atoms with van der Waals surface area (Å²) in [7, 11) is 0. The molecule has 0 N–H and O–H groups in total. The number of nitrogens with zero attached hydrogens (tertiary/aromatic N) is 3. The van der Waals surface area contributed by atoms with E-state index in [2.05, 4.69) is 10.1 Å².